The Bertz CT molecular complexity index is 851. The second kappa shape index (κ2) is 4.63. The number of nitrogens with zero attached hydrogens (tertiary/aromatic N) is 3. The first-order valence-corrected chi connectivity index (χ1v) is 6.59. The highest BCUT2D eigenvalue weighted by atomic mass is 16.2. The highest BCUT2D eigenvalue weighted by molar-refractivity contribution is 6.10. The maximum absolute atomic E-state index is 12.4. The number of imide groups is 1. The molecule has 1 aliphatic rings. The Hall–Kier alpha value is -2.81. The number of piperidine rings is 1. The molecule has 0 aliphatic carbocycles. The van der Waals surface area contributed by atoms with Crippen molar-refractivity contribution >= 4 is 22.8 Å². The molecule has 0 bridgehead atoms. The van der Waals surface area contributed by atoms with Crippen LogP contribution >= 0.6 is 0 Å². The fraction of sp³-hybridized carbons (Fsp3) is 0.267. The van der Waals surface area contributed by atoms with Crippen molar-refractivity contribution in [2.24, 2.45) is 7.05 Å². The van der Waals surface area contributed by atoms with E-state index >= 15 is 0 Å². The molecule has 0 saturated carbocycles. The number of aryl methyl sites for hydroxylation is 1. The number of rotatable bonds is 1. The lowest BCUT2D eigenvalue weighted by Crippen LogP contribution is -2.52. The fourth-order valence-electron chi connectivity index (χ4n) is 2.57. The molecule has 0 atom stereocenters. The average Bonchev–Trinajstić information content (AvgIpc) is 2.72. The van der Waals surface area contributed by atoms with Crippen LogP contribution in [0.15, 0.2) is 23.0 Å². The molecule has 0 N–H and O–H groups in total. The fourth-order valence-corrected chi connectivity index (χ4v) is 2.57. The number of carbonyl (C=O) groups is 2. The third kappa shape index (κ3) is 1.86. The van der Waals surface area contributed by atoms with Gasteiger partial charge < -0.3 is 0 Å². The molecule has 21 heavy (non-hydrogen) atoms. The molecule has 1 saturated heterocycles. The Morgan fingerprint density at radius 3 is 2.38 bits per heavy atom. The van der Waals surface area contributed by atoms with Crippen molar-refractivity contribution in [3.05, 3.63) is 34.2 Å². The molecular formula is C15H13N3O3. The summed E-state index contributed by atoms with van der Waals surface area (Å²) >= 11 is 0. The summed E-state index contributed by atoms with van der Waals surface area (Å²) in [7, 11) is 1.58. The maximum Gasteiger partial charge on any atom is 0.348 e. The molecule has 0 spiro atoms. The summed E-state index contributed by atoms with van der Waals surface area (Å²) in [4.78, 5) is 36.5. The lowest BCUT2D eigenvalue weighted by atomic mass is 10.1. The lowest BCUT2D eigenvalue weighted by Gasteiger charge is -2.24. The largest absolute Gasteiger partial charge is 0.348 e. The van der Waals surface area contributed by atoms with Crippen LogP contribution in [0.3, 0.4) is 0 Å². The van der Waals surface area contributed by atoms with Crippen molar-refractivity contribution in [2.45, 2.75) is 19.3 Å². The minimum atomic E-state index is -0.442. The van der Waals surface area contributed by atoms with Gasteiger partial charge in [0.1, 0.15) is 0 Å². The van der Waals surface area contributed by atoms with Crippen LogP contribution in [0.4, 0.5) is 0 Å². The van der Waals surface area contributed by atoms with Crippen LogP contribution in [-0.4, -0.2) is 21.1 Å². The Balaban J connectivity index is 2.31. The normalized spacial score (nSPS) is 15.5. The molecule has 6 nitrogen and oxygen atoms in total. The first-order chi connectivity index (χ1) is 10.0. The average molecular weight is 283 g/mol. The Kier molecular flexibility index (Phi) is 2.91. The lowest BCUT2D eigenvalue weighted by molar-refractivity contribution is -0.131. The van der Waals surface area contributed by atoms with Gasteiger partial charge in [0.2, 0.25) is 11.8 Å². The van der Waals surface area contributed by atoms with Gasteiger partial charge in [0, 0.05) is 25.5 Å². The number of fused-ring (bicyclic) bond motifs is 1. The molecule has 1 aromatic carbocycles. The Labute approximate surface area is 120 Å². The summed E-state index contributed by atoms with van der Waals surface area (Å²) in [5.41, 5.74) is 1.26. The third-order valence-corrected chi connectivity index (χ3v) is 3.65. The number of terminal acetylenes is 1. The van der Waals surface area contributed by atoms with Gasteiger partial charge in [-0.1, -0.05) is 5.92 Å². The standard InChI is InChI=1S/C15H13N3O3/c1-3-10-7-8-11-12(9-10)16(2)15(21)17(11)18-13(19)5-4-6-14(18)20/h1,7-9H,4-6H2,2H3. The number of benzene rings is 1. The van der Waals surface area contributed by atoms with Gasteiger partial charge in [0.25, 0.3) is 0 Å². The van der Waals surface area contributed by atoms with Crippen molar-refractivity contribution in [1.29, 1.82) is 0 Å². The van der Waals surface area contributed by atoms with Crippen LogP contribution in [0.5, 0.6) is 0 Å². The number of hydrogen-bond donors (Lipinski definition) is 0. The van der Waals surface area contributed by atoms with Crippen LogP contribution in [-0.2, 0) is 16.6 Å². The predicted octanol–water partition coefficient (Wildman–Crippen LogP) is 0.496. The SMILES string of the molecule is C#Cc1ccc2c(c1)n(C)c(=O)n2N1C(=O)CCCC1=O. The predicted molar refractivity (Wildman–Crippen MR) is 77.2 cm³/mol. The van der Waals surface area contributed by atoms with Crippen LogP contribution in [0, 0.1) is 12.3 Å². The van der Waals surface area contributed by atoms with E-state index in [1.807, 2.05) is 0 Å². The highest BCUT2D eigenvalue weighted by Crippen LogP contribution is 2.18. The molecule has 1 aromatic heterocycles. The molecule has 2 amide bonds. The Morgan fingerprint density at radius 2 is 1.76 bits per heavy atom. The maximum atomic E-state index is 12.4. The van der Waals surface area contributed by atoms with E-state index in [2.05, 4.69) is 5.92 Å². The minimum absolute atomic E-state index is 0.261. The summed E-state index contributed by atoms with van der Waals surface area (Å²) in [6, 6.07) is 5.02. The number of imidazole rings is 1. The molecule has 2 heterocycles. The quantitative estimate of drug-likeness (QED) is 0.565. The van der Waals surface area contributed by atoms with Gasteiger partial charge in [-0.05, 0) is 24.6 Å². The van der Waals surface area contributed by atoms with Crippen molar-refractivity contribution in [3.8, 4) is 12.3 Å². The van der Waals surface area contributed by atoms with Crippen molar-refractivity contribution in [2.75, 3.05) is 5.01 Å². The topological polar surface area (TPSA) is 64.3 Å². The molecular weight excluding hydrogens is 270 g/mol. The van der Waals surface area contributed by atoms with Gasteiger partial charge in [-0.3, -0.25) is 14.2 Å². The molecule has 3 rings (SSSR count). The van der Waals surface area contributed by atoms with E-state index in [-0.39, 0.29) is 24.7 Å². The first-order valence-electron chi connectivity index (χ1n) is 6.59. The van der Waals surface area contributed by atoms with Gasteiger partial charge in [-0.15, -0.1) is 6.42 Å². The smallest absolute Gasteiger partial charge is 0.293 e. The highest BCUT2D eigenvalue weighted by Gasteiger charge is 2.30. The zero-order valence-electron chi connectivity index (χ0n) is 11.5. The van der Waals surface area contributed by atoms with Gasteiger partial charge in [0.05, 0.1) is 11.0 Å². The van der Waals surface area contributed by atoms with Crippen molar-refractivity contribution in [1.82, 2.24) is 9.24 Å². The summed E-state index contributed by atoms with van der Waals surface area (Å²) in [6.07, 6.45) is 6.40. The number of hydrogen-bond acceptors (Lipinski definition) is 3. The van der Waals surface area contributed by atoms with Gasteiger partial charge in [0.15, 0.2) is 0 Å². The summed E-state index contributed by atoms with van der Waals surface area (Å²) in [5.74, 6) is 1.78. The van der Waals surface area contributed by atoms with Crippen LogP contribution < -0.4 is 10.7 Å². The van der Waals surface area contributed by atoms with Crippen LogP contribution in [0.1, 0.15) is 24.8 Å². The summed E-state index contributed by atoms with van der Waals surface area (Å²) < 4.78 is 2.52. The van der Waals surface area contributed by atoms with E-state index in [1.54, 1.807) is 25.2 Å². The molecule has 6 heteroatoms. The second-order valence-electron chi connectivity index (χ2n) is 4.95. The van der Waals surface area contributed by atoms with Gasteiger partial charge in [-0.25, -0.2) is 4.79 Å². The van der Waals surface area contributed by atoms with E-state index < -0.39 is 5.69 Å². The van der Waals surface area contributed by atoms with E-state index in [0.29, 0.717) is 23.0 Å². The van der Waals surface area contributed by atoms with Crippen LogP contribution in [0.25, 0.3) is 11.0 Å². The molecule has 1 aliphatic heterocycles. The number of amides is 2. The summed E-state index contributed by atoms with van der Waals surface area (Å²) in [6.45, 7) is 0. The van der Waals surface area contributed by atoms with E-state index in [0.717, 1.165) is 9.69 Å². The number of carbonyl (C=O) groups excluding carboxylic acids is 2. The van der Waals surface area contributed by atoms with Gasteiger partial charge >= 0.3 is 5.69 Å². The molecule has 0 unspecified atom stereocenters. The molecule has 1 fully saturated rings. The van der Waals surface area contributed by atoms with E-state index in [4.69, 9.17) is 6.42 Å². The molecule has 0 radical (unpaired) electrons. The van der Waals surface area contributed by atoms with Crippen molar-refractivity contribution in [3.63, 3.8) is 0 Å². The third-order valence-electron chi connectivity index (χ3n) is 3.65. The molecule has 106 valence electrons. The monoisotopic (exact) mass is 283 g/mol. The van der Waals surface area contributed by atoms with Crippen LogP contribution in [0.2, 0.25) is 0 Å². The Morgan fingerprint density at radius 1 is 1.10 bits per heavy atom. The van der Waals surface area contributed by atoms with Gasteiger partial charge in [-0.2, -0.15) is 9.69 Å². The van der Waals surface area contributed by atoms with Crippen molar-refractivity contribution < 1.29 is 9.59 Å². The summed E-state index contributed by atoms with van der Waals surface area (Å²) in [5, 5.41) is 0.948. The minimum Gasteiger partial charge on any atom is -0.293 e. The van der Waals surface area contributed by atoms with E-state index in [1.165, 1.54) is 4.57 Å². The second-order valence-corrected chi connectivity index (χ2v) is 4.95. The zero-order valence-corrected chi connectivity index (χ0v) is 11.5. The first kappa shape index (κ1) is 13.2. The zero-order chi connectivity index (χ0) is 15.1. The number of aromatic nitrogens is 2. The molecule has 2 aromatic rings. The van der Waals surface area contributed by atoms with E-state index in [9.17, 15) is 14.4 Å².